The maximum Gasteiger partial charge on any atom is 0.0762 e. The molecule has 0 unspecified atom stereocenters. The van der Waals surface area contributed by atoms with E-state index in [-0.39, 0.29) is 0 Å². The Balaban J connectivity index is 1.08. The molecule has 0 amide bonds. The van der Waals surface area contributed by atoms with Gasteiger partial charge in [-0.2, -0.15) is 5.10 Å². The van der Waals surface area contributed by atoms with Gasteiger partial charge in [0.15, 0.2) is 0 Å². The van der Waals surface area contributed by atoms with E-state index in [0.717, 1.165) is 39.2 Å². The Hall–Kier alpha value is -7.63. The second-order valence-corrected chi connectivity index (χ2v) is 14.5. The fourth-order valence-corrected chi connectivity index (χ4v) is 9.10. The molecule has 8 aromatic carbocycles. The van der Waals surface area contributed by atoms with Crippen molar-refractivity contribution in [2.24, 2.45) is 0 Å². The summed E-state index contributed by atoms with van der Waals surface area (Å²) in [6, 6.07) is 67.6. The molecule has 4 aromatic heterocycles. The summed E-state index contributed by atoms with van der Waals surface area (Å²) in [5.74, 6) is 0. The van der Waals surface area contributed by atoms with Crippen LogP contribution in [0.4, 0.5) is 0 Å². The first-order valence-electron chi connectivity index (χ1n) is 19.1. The lowest BCUT2D eigenvalue weighted by atomic mass is 9.96. The molecule has 12 rings (SSSR count). The number of hydrogen-bond donors (Lipinski definition) is 0. The summed E-state index contributed by atoms with van der Waals surface area (Å²) in [7, 11) is 0. The molecule has 0 saturated carbocycles. The van der Waals surface area contributed by atoms with Gasteiger partial charge >= 0.3 is 0 Å². The van der Waals surface area contributed by atoms with Crippen LogP contribution in [0.1, 0.15) is 0 Å². The Labute approximate surface area is 322 Å². The van der Waals surface area contributed by atoms with Crippen molar-refractivity contribution in [1.29, 1.82) is 0 Å². The van der Waals surface area contributed by atoms with Crippen molar-refractivity contribution in [3.63, 3.8) is 0 Å². The summed E-state index contributed by atoms with van der Waals surface area (Å²) >= 11 is 0. The van der Waals surface area contributed by atoms with Gasteiger partial charge in [-0.05, 0) is 102 Å². The van der Waals surface area contributed by atoms with E-state index >= 15 is 0 Å². The molecule has 0 spiro atoms. The third kappa shape index (κ3) is 4.39. The highest BCUT2D eigenvalue weighted by Gasteiger charge is 2.22. The van der Waals surface area contributed by atoms with E-state index in [1.54, 1.807) is 0 Å². The van der Waals surface area contributed by atoms with E-state index < -0.39 is 0 Å². The Morgan fingerprint density at radius 3 is 1.75 bits per heavy atom. The SMILES string of the molecule is c1ccc(-n2ncc3c2ccc2c4c(-c5cccc6c5ccn6-c5ccc6c(c5)c5ccccc5n6-c5ccccc5)cccc4n(-c4ccccc4)c23)cc1. The molecular weight excluding hydrogens is 683 g/mol. The van der Waals surface area contributed by atoms with Gasteiger partial charge in [0.25, 0.3) is 0 Å². The van der Waals surface area contributed by atoms with Crippen molar-refractivity contribution in [3.8, 4) is 33.9 Å². The van der Waals surface area contributed by atoms with E-state index in [0.29, 0.717) is 0 Å². The summed E-state index contributed by atoms with van der Waals surface area (Å²) in [4.78, 5) is 0. The van der Waals surface area contributed by atoms with Crippen LogP contribution < -0.4 is 0 Å². The zero-order valence-electron chi connectivity index (χ0n) is 30.3. The second kappa shape index (κ2) is 11.9. The van der Waals surface area contributed by atoms with Crippen LogP contribution in [0.5, 0.6) is 0 Å². The van der Waals surface area contributed by atoms with Gasteiger partial charge in [0.2, 0.25) is 0 Å². The van der Waals surface area contributed by atoms with E-state index in [2.05, 4.69) is 202 Å². The summed E-state index contributed by atoms with van der Waals surface area (Å²) in [6.45, 7) is 0. The quantitative estimate of drug-likeness (QED) is 0.175. The normalized spacial score (nSPS) is 11.9. The monoisotopic (exact) mass is 715 g/mol. The van der Waals surface area contributed by atoms with Gasteiger partial charge in [-0.3, -0.25) is 0 Å². The highest BCUT2D eigenvalue weighted by molar-refractivity contribution is 6.23. The third-order valence-electron chi connectivity index (χ3n) is 11.5. The first kappa shape index (κ1) is 30.8. The molecule has 56 heavy (non-hydrogen) atoms. The lowest BCUT2D eigenvalue weighted by Crippen LogP contribution is -1.96. The molecule has 4 heterocycles. The van der Waals surface area contributed by atoms with E-state index in [1.165, 1.54) is 60.1 Å². The fourth-order valence-electron chi connectivity index (χ4n) is 9.10. The molecule has 0 saturated heterocycles. The Morgan fingerprint density at radius 1 is 0.339 bits per heavy atom. The fraction of sp³-hybridized carbons (Fsp3) is 0. The van der Waals surface area contributed by atoms with Crippen molar-refractivity contribution >= 4 is 65.4 Å². The van der Waals surface area contributed by atoms with E-state index in [1.807, 2.05) is 16.9 Å². The first-order valence-corrected chi connectivity index (χ1v) is 19.1. The minimum atomic E-state index is 1.04. The van der Waals surface area contributed by atoms with Crippen LogP contribution >= 0.6 is 0 Å². The smallest absolute Gasteiger partial charge is 0.0762 e. The average molecular weight is 716 g/mol. The minimum Gasteiger partial charge on any atom is -0.317 e. The van der Waals surface area contributed by atoms with Gasteiger partial charge in [-0.1, -0.05) is 97.1 Å². The van der Waals surface area contributed by atoms with Crippen LogP contribution in [0.25, 0.3) is 99.3 Å². The lowest BCUT2D eigenvalue weighted by molar-refractivity contribution is 0.911. The van der Waals surface area contributed by atoms with Gasteiger partial charge in [0.1, 0.15) is 0 Å². The number of hydrogen-bond acceptors (Lipinski definition) is 1. The molecule has 0 bridgehead atoms. The predicted octanol–water partition coefficient (Wildman–Crippen LogP) is 12.8. The molecule has 0 aliphatic carbocycles. The predicted molar refractivity (Wildman–Crippen MR) is 232 cm³/mol. The average Bonchev–Trinajstić information content (AvgIpc) is 4.05. The lowest BCUT2D eigenvalue weighted by Gasteiger charge is -2.11. The maximum absolute atomic E-state index is 4.93. The molecule has 0 atom stereocenters. The molecular formula is C51H33N5. The summed E-state index contributed by atoms with van der Waals surface area (Å²) in [5.41, 5.74) is 13.9. The van der Waals surface area contributed by atoms with Crippen molar-refractivity contribution in [3.05, 3.63) is 200 Å². The number of fused-ring (bicyclic) bond motifs is 9. The molecule has 0 fully saturated rings. The van der Waals surface area contributed by atoms with Crippen molar-refractivity contribution in [1.82, 2.24) is 23.5 Å². The Morgan fingerprint density at radius 2 is 0.964 bits per heavy atom. The maximum atomic E-state index is 4.93. The highest BCUT2D eigenvalue weighted by atomic mass is 15.3. The number of benzene rings is 8. The van der Waals surface area contributed by atoms with Crippen LogP contribution in [0.2, 0.25) is 0 Å². The second-order valence-electron chi connectivity index (χ2n) is 14.5. The number of rotatable bonds is 5. The molecule has 0 radical (unpaired) electrons. The van der Waals surface area contributed by atoms with Crippen LogP contribution in [-0.4, -0.2) is 23.5 Å². The van der Waals surface area contributed by atoms with Gasteiger partial charge < -0.3 is 13.7 Å². The molecule has 5 heteroatoms. The van der Waals surface area contributed by atoms with E-state index in [4.69, 9.17) is 5.10 Å². The van der Waals surface area contributed by atoms with Crippen molar-refractivity contribution in [2.75, 3.05) is 0 Å². The van der Waals surface area contributed by atoms with Crippen LogP contribution in [-0.2, 0) is 0 Å². The Kier molecular flexibility index (Phi) is 6.56. The van der Waals surface area contributed by atoms with Crippen molar-refractivity contribution in [2.45, 2.75) is 0 Å². The summed E-state index contributed by atoms with van der Waals surface area (Å²) in [6.07, 6.45) is 4.25. The largest absolute Gasteiger partial charge is 0.317 e. The van der Waals surface area contributed by atoms with Gasteiger partial charge in [0.05, 0.1) is 45.0 Å². The van der Waals surface area contributed by atoms with Crippen LogP contribution in [0.3, 0.4) is 0 Å². The molecule has 5 nitrogen and oxygen atoms in total. The van der Waals surface area contributed by atoms with E-state index in [9.17, 15) is 0 Å². The summed E-state index contributed by atoms with van der Waals surface area (Å²) in [5, 5.41) is 12.2. The number of nitrogens with zero attached hydrogens (tertiary/aromatic N) is 5. The number of aromatic nitrogens is 5. The summed E-state index contributed by atoms with van der Waals surface area (Å²) < 4.78 is 9.16. The Bertz CT molecular complexity index is 3460. The third-order valence-corrected chi connectivity index (χ3v) is 11.5. The van der Waals surface area contributed by atoms with Crippen molar-refractivity contribution < 1.29 is 0 Å². The molecule has 12 aromatic rings. The standard InChI is InChI=1S/C51H33N5/c1-4-14-34(15-5-1)54-46-23-11-10-20-39(46)43-32-37(26-28-47(43)54)53-31-30-40-38(21-12-24-45(40)53)41-22-13-25-49-50(41)42-27-29-48-44(33-52-56(48)36-18-8-3-9-19-36)51(42)55(49)35-16-6-2-7-17-35/h1-33H. The van der Waals surface area contributed by atoms with Gasteiger partial charge in [-0.25, -0.2) is 4.68 Å². The number of para-hydroxylation sites is 4. The first-order chi connectivity index (χ1) is 27.8. The van der Waals surface area contributed by atoms with Gasteiger partial charge in [-0.15, -0.1) is 0 Å². The van der Waals surface area contributed by atoms with Crippen LogP contribution in [0, 0.1) is 0 Å². The molecule has 0 aliphatic rings. The molecule has 262 valence electrons. The highest BCUT2D eigenvalue weighted by Crippen LogP contribution is 2.43. The zero-order chi connectivity index (χ0) is 36.7. The zero-order valence-corrected chi connectivity index (χ0v) is 30.3. The van der Waals surface area contributed by atoms with Crippen LogP contribution in [0.15, 0.2) is 200 Å². The van der Waals surface area contributed by atoms with Gasteiger partial charge in [0, 0.05) is 55.6 Å². The molecule has 0 N–H and O–H groups in total. The molecule has 0 aliphatic heterocycles. The topological polar surface area (TPSA) is 32.6 Å². The minimum absolute atomic E-state index is 1.04.